The van der Waals surface area contributed by atoms with Gasteiger partial charge in [-0.25, -0.2) is 0 Å². The van der Waals surface area contributed by atoms with Gasteiger partial charge in [-0.05, 0) is 75.9 Å². The zero-order valence-electron chi connectivity index (χ0n) is 22.3. The van der Waals surface area contributed by atoms with Gasteiger partial charge in [-0.15, -0.1) is 0 Å². The number of fused-ring (bicyclic) bond motifs is 1. The molecule has 1 heterocycles. The largest absolute Gasteiger partial charge is 0.359 e. The van der Waals surface area contributed by atoms with Gasteiger partial charge in [0.1, 0.15) is 0 Å². The molecular weight excluding hydrogens is 396 g/mol. The number of carbonyl (C=O) groups is 1. The third kappa shape index (κ3) is 6.79. The minimum absolute atomic E-state index is 0.0532. The summed E-state index contributed by atoms with van der Waals surface area (Å²) in [7, 11) is 0. The molecule has 0 saturated carbocycles. The Morgan fingerprint density at radius 1 is 0.875 bits per heavy atom. The van der Waals surface area contributed by atoms with Crippen molar-refractivity contribution in [2.45, 2.75) is 137 Å². The molecule has 0 aromatic carbocycles. The highest BCUT2D eigenvalue weighted by molar-refractivity contribution is 6.10. The Labute approximate surface area is 198 Å². The van der Waals surface area contributed by atoms with Crippen LogP contribution < -0.4 is 0 Å². The molecule has 184 valence electrons. The molecule has 1 N–H and O–H groups in total. The molecule has 3 nitrogen and oxygen atoms in total. The first kappa shape index (κ1) is 27.3. The Balaban J connectivity index is 1.77. The number of carbonyl (C=O) groups excluding carboxylic acids is 1. The number of rotatable bonds is 12. The van der Waals surface area contributed by atoms with E-state index in [1.54, 1.807) is 6.92 Å². The summed E-state index contributed by atoms with van der Waals surface area (Å²) in [6.07, 6.45) is 13.0. The van der Waals surface area contributed by atoms with Crippen LogP contribution in [0.3, 0.4) is 0 Å². The van der Waals surface area contributed by atoms with Gasteiger partial charge in [-0.1, -0.05) is 79.1 Å². The molecule has 0 radical (unpaired) electrons. The molecule has 1 fully saturated rings. The average Bonchev–Trinajstić information content (AvgIpc) is 2.70. The Morgan fingerprint density at radius 2 is 1.41 bits per heavy atom. The van der Waals surface area contributed by atoms with E-state index in [-0.39, 0.29) is 11.4 Å². The fourth-order valence-electron chi connectivity index (χ4n) is 5.59. The maximum atomic E-state index is 12.5. The molecule has 2 rings (SSSR count). The van der Waals surface area contributed by atoms with E-state index in [1.807, 2.05) is 13.8 Å². The van der Waals surface area contributed by atoms with Crippen molar-refractivity contribution in [1.29, 1.82) is 0 Å². The topological polar surface area (TPSA) is 46.5 Å². The first-order chi connectivity index (χ1) is 14.9. The number of ketones is 1. The third-order valence-electron chi connectivity index (χ3n) is 8.19. The molecule has 0 aromatic rings. The zero-order chi connectivity index (χ0) is 24.1. The van der Waals surface area contributed by atoms with E-state index in [2.05, 4.69) is 34.6 Å². The monoisotopic (exact) mass is 446 g/mol. The molecular formula is C29H50O3. The Bertz CT molecular complexity index is 716. The Hall–Kier alpha value is -0.930. The fraction of sp³-hybridized carbons (Fsp3) is 0.828. The number of allylic oxidation sites excluding steroid dienone is 2. The van der Waals surface area contributed by atoms with Gasteiger partial charge in [-0.2, -0.15) is 0 Å². The van der Waals surface area contributed by atoms with Crippen molar-refractivity contribution in [2.24, 2.45) is 17.8 Å². The van der Waals surface area contributed by atoms with Crippen LogP contribution in [0.25, 0.3) is 0 Å². The molecule has 1 aliphatic heterocycles. The van der Waals surface area contributed by atoms with Crippen molar-refractivity contribution in [2.75, 3.05) is 0 Å². The summed E-state index contributed by atoms with van der Waals surface area (Å²) >= 11 is 0. The summed E-state index contributed by atoms with van der Waals surface area (Å²) in [6.45, 7) is 17.0. The zero-order valence-corrected chi connectivity index (χ0v) is 22.3. The van der Waals surface area contributed by atoms with Crippen LogP contribution in [0.5, 0.6) is 0 Å². The van der Waals surface area contributed by atoms with Gasteiger partial charge in [0.25, 0.3) is 0 Å². The van der Waals surface area contributed by atoms with Crippen LogP contribution in [-0.4, -0.2) is 22.3 Å². The molecule has 1 aliphatic carbocycles. The van der Waals surface area contributed by atoms with Crippen LogP contribution in [0, 0.1) is 17.8 Å². The number of hydrogen-bond donors (Lipinski definition) is 1. The van der Waals surface area contributed by atoms with E-state index < -0.39 is 5.79 Å². The number of Topliss-reactive ketones (excluding diaryl/α,β-unsaturated/α-hetero) is 1. The SMILES string of the molecule is CC1=C(C)C2(O)O[C@](C)(CCC[C@H](C)CCC[C@H](C)CCCC(C)C)CCC2=C(C)C1=O. The lowest BCUT2D eigenvalue weighted by Gasteiger charge is -2.48. The van der Waals surface area contributed by atoms with Crippen LogP contribution in [0.2, 0.25) is 0 Å². The van der Waals surface area contributed by atoms with Gasteiger partial charge in [0.2, 0.25) is 5.79 Å². The lowest BCUT2D eigenvalue weighted by Crippen LogP contribution is -2.52. The average molecular weight is 447 g/mol. The predicted octanol–water partition coefficient (Wildman–Crippen LogP) is 7.92. The van der Waals surface area contributed by atoms with E-state index in [0.717, 1.165) is 49.0 Å². The molecule has 4 atom stereocenters. The van der Waals surface area contributed by atoms with Crippen molar-refractivity contribution in [3.8, 4) is 0 Å². The highest BCUT2D eigenvalue weighted by Gasteiger charge is 2.50. The van der Waals surface area contributed by atoms with Crippen molar-refractivity contribution in [1.82, 2.24) is 0 Å². The minimum atomic E-state index is -1.40. The van der Waals surface area contributed by atoms with Crippen molar-refractivity contribution >= 4 is 5.78 Å². The normalized spacial score (nSPS) is 28.4. The first-order valence-corrected chi connectivity index (χ1v) is 13.2. The highest BCUT2D eigenvalue weighted by Crippen LogP contribution is 2.48. The summed E-state index contributed by atoms with van der Waals surface area (Å²) in [5.74, 6) is 1.07. The van der Waals surface area contributed by atoms with Gasteiger partial charge in [0, 0.05) is 11.1 Å². The standard InChI is InChI=1S/C29H50O3/c1-20(2)12-9-13-21(3)14-10-15-22(4)16-11-18-28(8)19-17-26-24(6)27(30)23(5)25(7)29(26,31)32-28/h20-22,31H,9-19H2,1-8H3/t21-,22-,28-,29?/m1/s1. The molecule has 3 heteroatoms. The second kappa shape index (κ2) is 11.5. The van der Waals surface area contributed by atoms with Crippen molar-refractivity contribution < 1.29 is 14.6 Å². The van der Waals surface area contributed by atoms with Crippen molar-refractivity contribution in [3.05, 3.63) is 22.3 Å². The van der Waals surface area contributed by atoms with Crippen LogP contribution in [0.4, 0.5) is 0 Å². The van der Waals surface area contributed by atoms with Gasteiger partial charge >= 0.3 is 0 Å². The number of hydrogen-bond acceptors (Lipinski definition) is 3. The molecule has 2 aliphatic rings. The first-order valence-electron chi connectivity index (χ1n) is 13.2. The molecule has 1 unspecified atom stereocenters. The second-order valence-electron chi connectivity index (χ2n) is 11.7. The lowest BCUT2D eigenvalue weighted by molar-refractivity contribution is -0.239. The van der Waals surface area contributed by atoms with Crippen LogP contribution in [0.15, 0.2) is 22.3 Å². The van der Waals surface area contributed by atoms with Gasteiger partial charge in [0.05, 0.1) is 5.60 Å². The maximum absolute atomic E-state index is 12.5. The summed E-state index contributed by atoms with van der Waals surface area (Å²) < 4.78 is 6.40. The third-order valence-corrected chi connectivity index (χ3v) is 8.19. The van der Waals surface area contributed by atoms with E-state index in [0.29, 0.717) is 16.7 Å². The summed E-state index contributed by atoms with van der Waals surface area (Å²) in [5, 5.41) is 11.4. The maximum Gasteiger partial charge on any atom is 0.213 e. The number of aliphatic hydroxyl groups is 1. The van der Waals surface area contributed by atoms with Crippen LogP contribution in [0.1, 0.15) is 126 Å². The smallest absolute Gasteiger partial charge is 0.213 e. The van der Waals surface area contributed by atoms with E-state index in [1.165, 1.54) is 44.9 Å². The van der Waals surface area contributed by atoms with Gasteiger partial charge in [0.15, 0.2) is 5.78 Å². The van der Waals surface area contributed by atoms with Gasteiger partial charge in [-0.3, -0.25) is 4.79 Å². The molecule has 0 amide bonds. The van der Waals surface area contributed by atoms with Crippen LogP contribution in [-0.2, 0) is 9.53 Å². The summed E-state index contributed by atoms with van der Waals surface area (Å²) in [6, 6.07) is 0. The van der Waals surface area contributed by atoms with E-state index in [4.69, 9.17) is 4.74 Å². The molecule has 0 spiro atoms. The van der Waals surface area contributed by atoms with E-state index in [9.17, 15) is 9.90 Å². The Kier molecular flexibility index (Phi) is 9.79. The molecule has 0 bridgehead atoms. The summed E-state index contributed by atoms with van der Waals surface area (Å²) in [5.41, 5.74) is 2.41. The second-order valence-corrected chi connectivity index (χ2v) is 11.7. The molecule has 0 aromatic heterocycles. The minimum Gasteiger partial charge on any atom is -0.359 e. The fourth-order valence-corrected chi connectivity index (χ4v) is 5.59. The van der Waals surface area contributed by atoms with Crippen LogP contribution >= 0.6 is 0 Å². The molecule has 1 saturated heterocycles. The molecule has 32 heavy (non-hydrogen) atoms. The highest BCUT2D eigenvalue weighted by atomic mass is 16.6. The number of ether oxygens (including phenoxy) is 1. The lowest BCUT2D eigenvalue weighted by atomic mass is 9.75. The Morgan fingerprint density at radius 3 is 1.97 bits per heavy atom. The predicted molar refractivity (Wildman–Crippen MR) is 134 cm³/mol. The van der Waals surface area contributed by atoms with Gasteiger partial charge < -0.3 is 9.84 Å². The van der Waals surface area contributed by atoms with Crippen molar-refractivity contribution in [3.63, 3.8) is 0 Å². The van der Waals surface area contributed by atoms with E-state index >= 15 is 0 Å². The quantitative estimate of drug-likeness (QED) is 0.331. The summed E-state index contributed by atoms with van der Waals surface area (Å²) in [4.78, 5) is 12.5.